The number of phenols is 1. The monoisotopic (exact) mass is 376 g/mol. The number of fused-ring (bicyclic) bond motifs is 2. The van der Waals surface area contributed by atoms with Crippen molar-refractivity contribution < 1.29 is 9.90 Å². The van der Waals surface area contributed by atoms with E-state index in [0.29, 0.717) is 18.2 Å². The van der Waals surface area contributed by atoms with Crippen molar-refractivity contribution in [3.63, 3.8) is 0 Å². The summed E-state index contributed by atoms with van der Waals surface area (Å²) in [6.45, 7) is 6.18. The largest absolute Gasteiger partial charge is 0.508 e. The first-order valence-corrected chi connectivity index (χ1v) is 9.98. The van der Waals surface area contributed by atoms with Gasteiger partial charge in [0.25, 0.3) is 5.91 Å². The molecular weight excluding hydrogens is 352 g/mol. The van der Waals surface area contributed by atoms with Crippen LogP contribution in [-0.2, 0) is 6.54 Å². The standard InChI is InChI=1S/C22H24N4O2/c1-14-21-18(22(28)26-10-9-25-8-2-3-16(25)13-26)11-19(24-20(21)12-23-14)15-4-6-17(27)7-5-15/h4-7,11,16,27H,2-3,8-10,12-13H2,1H3/t16-/m0/s1. The highest BCUT2D eigenvalue weighted by Crippen LogP contribution is 2.30. The summed E-state index contributed by atoms with van der Waals surface area (Å²) >= 11 is 0. The number of pyridine rings is 1. The summed E-state index contributed by atoms with van der Waals surface area (Å²) in [6.07, 6.45) is 2.41. The molecule has 0 aliphatic carbocycles. The van der Waals surface area contributed by atoms with Crippen LogP contribution in [0, 0.1) is 0 Å². The molecule has 1 atom stereocenters. The lowest BCUT2D eigenvalue weighted by Crippen LogP contribution is -2.52. The third-order valence-corrected chi connectivity index (χ3v) is 6.19. The molecule has 1 aromatic carbocycles. The number of carbonyl (C=O) groups is 1. The Kier molecular flexibility index (Phi) is 4.16. The van der Waals surface area contributed by atoms with Gasteiger partial charge in [-0.1, -0.05) is 0 Å². The van der Waals surface area contributed by atoms with Gasteiger partial charge in [-0.25, -0.2) is 0 Å². The molecule has 5 rings (SSSR count). The predicted octanol–water partition coefficient (Wildman–Crippen LogP) is 2.70. The first kappa shape index (κ1) is 17.4. The Morgan fingerprint density at radius 3 is 2.82 bits per heavy atom. The van der Waals surface area contributed by atoms with Crippen molar-refractivity contribution in [1.82, 2.24) is 14.8 Å². The Labute approximate surface area is 164 Å². The van der Waals surface area contributed by atoms with E-state index in [2.05, 4.69) is 9.89 Å². The van der Waals surface area contributed by atoms with Crippen molar-refractivity contribution in [2.45, 2.75) is 32.4 Å². The molecule has 4 heterocycles. The van der Waals surface area contributed by atoms with E-state index >= 15 is 0 Å². The average Bonchev–Trinajstić information content (AvgIpc) is 3.33. The SMILES string of the molecule is CC1=NCc2nc(-c3ccc(O)cc3)cc(C(=O)N3CCN4CCC[C@H]4C3)c21. The molecule has 0 bridgehead atoms. The molecule has 6 heteroatoms. The number of amides is 1. The van der Waals surface area contributed by atoms with Crippen LogP contribution in [-0.4, -0.2) is 63.7 Å². The summed E-state index contributed by atoms with van der Waals surface area (Å²) < 4.78 is 0. The molecule has 6 nitrogen and oxygen atoms in total. The number of aromatic nitrogens is 1. The lowest BCUT2D eigenvalue weighted by molar-refractivity contribution is 0.0571. The summed E-state index contributed by atoms with van der Waals surface area (Å²) in [7, 11) is 0. The maximum atomic E-state index is 13.5. The van der Waals surface area contributed by atoms with Crippen LogP contribution in [0.2, 0.25) is 0 Å². The van der Waals surface area contributed by atoms with Crippen LogP contribution < -0.4 is 0 Å². The number of hydrogen-bond donors (Lipinski definition) is 1. The number of carbonyl (C=O) groups excluding carboxylic acids is 1. The zero-order valence-corrected chi connectivity index (χ0v) is 16.1. The quantitative estimate of drug-likeness (QED) is 0.875. The van der Waals surface area contributed by atoms with E-state index in [-0.39, 0.29) is 11.7 Å². The molecular formula is C22H24N4O2. The molecule has 3 aliphatic rings. The van der Waals surface area contributed by atoms with Gasteiger partial charge in [-0.05, 0) is 56.6 Å². The summed E-state index contributed by atoms with van der Waals surface area (Å²) in [5, 5.41) is 9.58. The van der Waals surface area contributed by atoms with Gasteiger partial charge in [-0.15, -0.1) is 0 Å². The van der Waals surface area contributed by atoms with Crippen LogP contribution in [0.3, 0.4) is 0 Å². The van der Waals surface area contributed by atoms with Crippen molar-refractivity contribution in [3.05, 3.63) is 47.2 Å². The van der Waals surface area contributed by atoms with Crippen molar-refractivity contribution in [2.24, 2.45) is 4.99 Å². The third-order valence-electron chi connectivity index (χ3n) is 6.19. The molecule has 0 unspecified atom stereocenters. The molecule has 1 N–H and O–H groups in total. The second-order valence-electron chi connectivity index (χ2n) is 7.91. The number of aromatic hydroxyl groups is 1. The molecule has 1 amide bonds. The van der Waals surface area contributed by atoms with Gasteiger partial charge in [0.1, 0.15) is 5.75 Å². The van der Waals surface area contributed by atoms with Gasteiger partial charge in [-0.2, -0.15) is 0 Å². The van der Waals surface area contributed by atoms with E-state index < -0.39 is 0 Å². The predicted molar refractivity (Wildman–Crippen MR) is 108 cm³/mol. The van der Waals surface area contributed by atoms with Gasteiger partial charge in [0.05, 0.1) is 23.5 Å². The molecule has 2 saturated heterocycles. The van der Waals surface area contributed by atoms with Crippen LogP contribution in [0.5, 0.6) is 5.75 Å². The van der Waals surface area contributed by atoms with Gasteiger partial charge >= 0.3 is 0 Å². The fraction of sp³-hybridized carbons (Fsp3) is 0.409. The number of piperazine rings is 1. The molecule has 2 fully saturated rings. The van der Waals surface area contributed by atoms with Crippen LogP contribution in [0.1, 0.15) is 41.4 Å². The van der Waals surface area contributed by atoms with E-state index in [9.17, 15) is 9.90 Å². The number of benzene rings is 1. The van der Waals surface area contributed by atoms with E-state index in [1.165, 1.54) is 12.8 Å². The molecule has 1 aromatic heterocycles. The van der Waals surface area contributed by atoms with E-state index in [1.54, 1.807) is 12.1 Å². The topological polar surface area (TPSA) is 69.0 Å². The lowest BCUT2D eigenvalue weighted by atomic mass is 9.98. The molecule has 3 aliphatic heterocycles. The Hall–Kier alpha value is -2.73. The van der Waals surface area contributed by atoms with Gasteiger partial charge in [-0.3, -0.25) is 19.7 Å². The fourth-order valence-corrected chi connectivity index (χ4v) is 4.68. The van der Waals surface area contributed by atoms with E-state index in [4.69, 9.17) is 4.98 Å². The van der Waals surface area contributed by atoms with Crippen molar-refractivity contribution in [2.75, 3.05) is 26.2 Å². The number of phenolic OH excluding ortho intramolecular Hbond substituents is 1. The van der Waals surface area contributed by atoms with Crippen LogP contribution >= 0.6 is 0 Å². The Balaban J connectivity index is 1.53. The normalized spacial score (nSPS) is 21.4. The smallest absolute Gasteiger partial charge is 0.254 e. The van der Waals surface area contributed by atoms with Crippen molar-refractivity contribution in [1.29, 1.82) is 0 Å². The minimum Gasteiger partial charge on any atom is -0.508 e. The van der Waals surface area contributed by atoms with E-state index in [0.717, 1.165) is 54.4 Å². The summed E-state index contributed by atoms with van der Waals surface area (Å²) in [4.78, 5) is 27.3. The highest BCUT2D eigenvalue weighted by atomic mass is 16.3. The van der Waals surface area contributed by atoms with Gasteiger partial charge in [0.2, 0.25) is 0 Å². The molecule has 0 saturated carbocycles. The fourth-order valence-electron chi connectivity index (χ4n) is 4.68. The van der Waals surface area contributed by atoms with Crippen LogP contribution in [0.4, 0.5) is 0 Å². The Bertz CT molecular complexity index is 967. The lowest BCUT2D eigenvalue weighted by Gasteiger charge is -2.37. The first-order valence-electron chi connectivity index (χ1n) is 9.98. The van der Waals surface area contributed by atoms with Gasteiger partial charge < -0.3 is 10.0 Å². The molecule has 0 spiro atoms. The third kappa shape index (κ3) is 2.88. The highest BCUT2D eigenvalue weighted by molar-refractivity contribution is 6.11. The van der Waals surface area contributed by atoms with Crippen LogP contribution in [0.15, 0.2) is 35.3 Å². The maximum absolute atomic E-state index is 13.5. The summed E-state index contributed by atoms with van der Waals surface area (Å²) in [6, 6.07) is 9.36. The van der Waals surface area contributed by atoms with Gasteiger partial charge in [0, 0.05) is 42.5 Å². The second kappa shape index (κ2) is 6.71. The van der Waals surface area contributed by atoms with Crippen LogP contribution in [0.25, 0.3) is 11.3 Å². The number of hydrogen-bond acceptors (Lipinski definition) is 5. The van der Waals surface area contributed by atoms with Gasteiger partial charge in [0.15, 0.2) is 0 Å². The molecule has 2 aromatic rings. The maximum Gasteiger partial charge on any atom is 0.254 e. The van der Waals surface area contributed by atoms with Crippen molar-refractivity contribution >= 4 is 11.6 Å². The molecule has 28 heavy (non-hydrogen) atoms. The van der Waals surface area contributed by atoms with E-state index in [1.807, 2.05) is 30.0 Å². The average molecular weight is 376 g/mol. The number of rotatable bonds is 2. The Morgan fingerprint density at radius 1 is 1.18 bits per heavy atom. The zero-order valence-electron chi connectivity index (χ0n) is 16.1. The highest BCUT2D eigenvalue weighted by Gasteiger charge is 2.34. The molecule has 144 valence electrons. The second-order valence-corrected chi connectivity index (χ2v) is 7.91. The van der Waals surface area contributed by atoms with Crippen molar-refractivity contribution in [3.8, 4) is 17.0 Å². The number of aliphatic imine (C=N–C) groups is 1. The molecule has 0 radical (unpaired) electrons. The number of nitrogens with zero attached hydrogens (tertiary/aromatic N) is 4. The summed E-state index contributed by atoms with van der Waals surface area (Å²) in [5.41, 5.74) is 5.01. The first-order chi connectivity index (χ1) is 13.6. The zero-order chi connectivity index (χ0) is 19.3. The minimum atomic E-state index is 0.0849. The summed E-state index contributed by atoms with van der Waals surface area (Å²) in [5.74, 6) is 0.302. The Morgan fingerprint density at radius 2 is 2.00 bits per heavy atom. The minimum absolute atomic E-state index is 0.0849.